The normalized spacial score (nSPS) is 12.5. The largest absolute Gasteiger partial charge is 0.462 e. The van der Waals surface area contributed by atoms with E-state index in [1.54, 1.807) is 0 Å². The smallest absolute Gasteiger partial charge is 0.306 e. The minimum absolute atomic E-state index is 0.0786. The van der Waals surface area contributed by atoms with Crippen molar-refractivity contribution in [3.05, 3.63) is 48.6 Å². The Morgan fingerprint density at radius 2 is 0.741 bits per heavy atom. The van der Waals surface area contributed by atoms with Crippen molar-refractivity contribution in [3.63, 3.8) is 0 Å². The fraction of sp³-hybridized carbons (Fsp3) is 0.811. The highest BCUT2D eigenvalue weighted by Gasteiger charge is 2.17. The molecular weight excluding hydrogens is 717 g/mol. The molecule has 0 heterocycles. The summed E-state index contributed by atoms with van der Waals surface area (Å²) >= 11 is 0. The standard InChI is InChI=1S/C53H96O5/c1-4-7-10-13-16-19-22-24-25-26-27-28-29-30-32-34-37-40-43-46-52(54)57-50-51(49-56-48-45-42-39-36-33-23-20-17-14-11-8-5-2)58-53(55)47-44-41-38-35-31-21-18-15-12-9-6-3/h14-19,24-25,51H,4-13,20-23,26-50H2,1-3H3/b17-14-,18-15-,19-16-,25-24-. The summed E-state index contributed by atoms with van der Waals surface area (Å²) in [5.74, 6) is -0.410. The molecule has 0 aliphatic rings. The lowest BCUT2D eigenvalue weighted by molar-refractivity contribution is -0.163. The third-order valence-electron chi connectivity index (χ3n) is 10.8. The summed E-state index contributed by atoms with van der Waals surface area (Å²) in [6, 6.07) is 0. The first-order valence-corrected chi connectivity index (χ1v) is 25.2. The zero-order valence-electron chi connectivity index (χ0n) is 38.8. The molecule has 0 fully saturated rings. The Bertz CT molecular complexity index is 966. The zero-order chi connectivity index (χ0) is 42.1. The second-order valence-electron chi connectivity index (χ2n) is 16.7. The van der Waals surface area contributed by atoms with Gasteiger partial charge in [-0.3, -0.25) is 9.59 Å². The number of rotatable bonds is 46. The Kier molecular flexibility index (Phi) is 47.4. The summed E-state index contributed by atoms with van der Waals surface area (Å²) < 4.78 is 17.3. The van der Waals surface area contributed by atoms with E-state index in [-0.39, 0.29) is 25.2 Å². The van der Waals surface area contributed by atoms with Crippen molar-refractivity contribution in [2.75, 3.05) is 19.8 Å². The van der Waals surface area contributed by atoms with Gasteiger partial charge in [-0.1, -0.05) is 198 Å². The minimum atomic E-state index is -0.542. The Labute approximate surface area is 361 Å². The molecule has 0 aromatic heterocycles. The van der Waals surface area contributed by atoms with Gasteiger partial charge in [0.15, 0.2) is 6.10 Å². The molecule has 0 N–H and O–H groups in total. The molecule has 0 saturated heterocycles. The lowest BCUT2D eigenvalue weighted by atomic mass is 10.1. The first-order valence-electron chi connectivity index (χ1n) is 25.2. The number of ether oxygens (including phenoxy) is 3. The van der Waals surface area contributed by atoms with Crippen LogP contribution in [-0.4, -0.2) is 37.9 Å². The van der Waals surface area contributed by atoms with Crippen LogP contribution in [0.15, 0.2) is 48.6 Å². The van der Waals surface area contributed by atoms with E-state index < -0.39 is 6.10 Å². The second-order valence-corrected chi connectivity index (χ2v) is 16.7. The summed E-state index contributed by atoms with van der Waals surface area (Å²) in [4.78, 5) is 25.3. The van der Waals surface area contributed by atoms with Crippen molar-refractivity contribution in [1.29, 1.82) is 0 Å². The van der Waals surface area contributed by atoms with Crippen molar-refractivity contribution in [3.8, 4) is 0 Å². The summed E-state index contributed by atoms with van der Waals surface area (Å²) in [6.45, 7) is 7.73. The quantitative estimate of drug-likeness (QED) is 0.0348. The fourth-order valence-electron chi connectivity index (χ4n) is 6.97. The lowest BCUT2D eigenvalue weighted by Gasteiger charge is -2.18. The average Bonchev–Trinajstić information content (AvgIpc) is 3.22. The fourth-order valence-corrected chi connectivity index (χ4v) is 6.97. The highest BCUT2D eigenvalue weighted by atomic mass is 16.6. The Morgan fingerprint density at radius 3 is 1.21 bits per heavy atom. The maximum absolute atomic E-state index is 12.7. The van der Waals surface area contributed by atoms with Gasteiger partial charge in [-0.25, -0.2) is 0 Å². The van der Waals surface area contributed by atoms with Gasteiger partial charge in [-0.2, -0.15) is 0 Å². The van der Waals surface area contributed by atoms with Crippen LogP contribution in [0.4, 0.5) is 0 Å². The van der Waals surface area contributed by atoms with Gasteiger partial charge in [0.05, 0.1) is 6.61 Å². The van der Waals surface area contributed by atoms with Crippen LogP contribution in [0.5, 0.6) is 0 Å². The molecule has 1 atom stereocenters. The van der Waals surface area contributed by atoms with Crippen LogP contribution in [0.25, 0.3) is 0 Å². The lowest BCUT2D eigenvalue weighted by Crippen LogP contribution is -2.30. The van der Waals surface area contributed by atoms with Gasteiger partial charge in [0.25, 0.3) is 0 Å². The number of carbonyl (C=O) groups excluding carboxylic acids is 2. The van der Waals surface area contributed by atoms with Gasteiger partial charge in [-0.15, -0.1) is 0 Å². The van der Waals surface area contributed by atoms with E-state index in [1.807, 2.05) is 0 Å². The molecule has 0 saturated carbocycles. The number of unbranched alkanes of at least 4 members (excludes halogenated alkanes) is 27. The van der Waals surface area contributed by atoms with Crippen LogP contribution in [0, 0.1) is 0 Å². The van der Waals surface area contributed by atoms with Crippen molar-refractivity contribution >= 4 is 11.9 Å². The molecule has 5 nitrogen and oxygen atoms in total. The molecule has 0 aromatic rings. The highest BCUT2D eigenvalue weighted by molar-refractivity contribution is 5.70. The van der Waals surface area contributed by atoms with Gasteiger partial charge in [0.1, 0.15) is 6.61 Å². The van der Waals surface area contributed by atoms with Gasteiger partial charge < -0.3 is 14.2 Å². The van der Waals surface area contributed by atoms with Crippen LogP contribution in [-0.2, 0) is 23.8 Å². The Balaban J connectivity index is 4.20. The van der Waals surface area contributed by atoms with Gasteiger partial charge >= 0.3 is 11.9 Å². The summed E-state index contributed by atoms with van der Waals surface area (Å²) in [7, 11) is 0. The van der Waals surface area contributed by atoms with Crippen molar-refractivity contribution in [1.82, 2.24) is 0 Å². The first kappa shape index (κ1) is 55.9. The number of hydrogen-bond acceptors (Lipinski definition) is 5. The van der Waals surface area contributed by atoms with Crippen LogP contribution < -0.4 is 0 Å². The van der Waals surface area contributed by atoms with E-state index in [9.17, 15) is 9.59 Å². The molecule has 0 aliphatic heterocycles. The topological polar surface area (TPSA) is 61.8 Å². The van der Waals surface area contributed by atoms with Gasteiger partial charge in [0, 0.05) is 19.4 Å². The number of carbonyl (C=O) groups is 2. The molecule has 0 aromatic carbocycles. The van der Waals surface area contributed by atoms with E-state index in [2.05, 4.69) is 69.4 Å². The van der Waals surface area contributed by atoms with E-state index in [0.29, 0.717) is 19.4 Å². The van der Waals surface area contributed by atoms with Crippen molar-refractivity contribution < 1.29 is 23.8 Å². The zero-order valence-corrected chi connectivity index (χ0v) is 38.8. The summed E-state index contributed by atoms with van der Waals surface area (Å²) in [5, 5.41) is 0. The van der Waals surface area contributed by atoms with Gasteiger partial charge in [0.2, 0.25) is 0 Å². The maximum atomic E-state index is 12.7. The molecular formula is C53H96O5. The molecule has 1 unspecified atom stereocenters. The van der Waals surface area contributed by atoms with E-state index in [4.69, 9.17) is 14.2 Å². The molecule has 58 heavy (non-hydrogen) atoms. The summed E-state index contributed by atoms with van der Waals surface area (Å²) in [6.07, 6.45) is 59.7. The number of esters is 2. The minimum Gasteiger partial charge on any atom is -0.462 e. The van der Waals surface area contributed by atoms with E-state index in [1.165, 1.54) is 161 Å². The monoisotopic (exact) mass is 813 g/mol. The maximum Gasteiger partial charge on any atom is 0.306 e. The van der Waals surface area contributed by atoms with Crippen LogP contribution in [0.3, 0.4) is 0 Å². The Hall–Kier alpha value is -2.14. The number of hydrogen-bond donors (Lipinski definition) is 0. The molecule has 0 aliphatic carbocycles. The predicted molar refractivity (Wildman–Crippen MR) is 251 cm³/mol. The number of allylic oxidation sites excluding steroid dienone is 8. The third-order valence-corrected chi connectivity index (χ3v) is 10.8. The van der Waals surface area contributed by atoms with Crippen molar-refractivity contribution in [2.24, 2.45) is 0 Å². The van der Waals surface area contributed by atoms with Gasteiger partial charge in [-0.05, 0) is 89.9 Å². The Morgan fingerprint density at radius 1 is 0.379 bits per heavy atom. The third kappa shape index (κ3) is 46.5. The van der Waals surface area contributed by atoms with Crippen LogP contribution >= 0.6 is 0 Å². The predicted octanol–water partition coefficient (Wildman–Crippen LogP) is 16.8. The summed E-state index contributed by atoms with van der Waals surface area (Å²) in [5.41, 5.74) is 0. The second kappa shape index (κ2) is 49.2. The molecule has 0 rings (SSSR count). The van der Waals surface area contributed by atoms with Crippen LogP contribution in [0.1, 0.15) is 252 Å². The molecule has 0 spiro atoms. The SMILES string of the molecule is CCCC/C=C\CCCCCCCCOCC(COC(=O)CCCCCCCCCCC/C=C\C/C=C\CCCCC)OC(=O)CCCCCCC/C=C\CCCC. The van der Waals surface area contributed by atoms with E-state index >= 15 is 0 Å². The molecule has 0 amide bonds. The first-order chi connectivity index (χ1) is 28.6. The highest BCUT2D eigenvalue weighted by Crippen LogP contribution is 2.14. The average molecular weight is 813 g/mol. The molecule has 0 radical (unpaired) electrons. The van der Waals surface area contributed by atoms with Crippen molar-refractivity contribution in [2.45, 2.75) is 258 Å². The molecule has 338 valence electrons. The van der Waals surface area contributed by atoms with E-state index in [0.717, 1.165) is 57.8 Å². The molecule has 5 heteroatoms. The van der Waals surface area contributed by atoms with Crippen LogP contribution in [0.2, 0.25) is 0 Å². The molecule has 0 bridgehead atoms.